The summed E-state index contributed by atoms with van der Waals surface area (Å²) in [5.41, 5.74) is 1.95. The van der Waals surface area contributed by atoms with E-state index in [1.165, 1.54) is 13.8 Å². The van der Waals surface area contributed by atoms with Crippen LogP contribution in [-0.2, 0) is 9.59 Å². The highest BCUT2D eigenvalue weighted by molar-refractivity contribution is 6.02. The summed E-state index contributed by atoms with van der Waals surface area (Å²) in [6, 6.07) is 12.1. The minimum atomic E-state index is -0.0625. The van der Waals surface area contributed by atoms with Gasteiger partial charge in [-0.05, 0) is 26.0 Å². The van der Waals surface area contributed by atoms with Crippen LogP contribution in [0.1, 0.15) is 20.3 Å². The minimum Gasteiger partial charge on any atom is -0.300 e. The largest absolute Gasteiger partial charge is 0.300 e. The number of aromatic nitrogens is 2. The third-order valence-corrected chi connectivity index (χ3v) is 2.84. The number of rotatable bonds is 2. The first-order chi connectivity index (χ1) is 10.1. The van der Waals surface area contributed by atoms with E-state index in [0.29, 0.717) is 0 Å². The number of fused-ring (bicyclic) bond motifs is 3. The summed E-state index contributed by atoms with van der Waals surface area (Å²) in [4.78, 5) is 28.8. The van der Waals surface area contributed by atoms with Gasteiger partial charge >= 0.3 is 0 Å². The summed E-state index contributed by atoms with van der Waals surface area (Å²) in [5.74, 6) is -0.125. The topological polar surface area (TPSA) is 59.9 Å². The third-order valence-electron chi connectivity index (χ3n) is 2.84. The number of carbonyl (C=O) groups excluding carboxylic acids is 2. The lowest BCUT2D eigenvalue weighted by atomic mass is 10.1. The Morgan fingerprint density at radius 1 is 0.810 bits per heavy atom. The van der Waals surface area contributed by atoms with E-state index in [9.17, 15) is 9.59 Å². The highest BCUT2D eigenvalue weighted by Gasteiger charge is 2.00. The first-order valence-electron chi connectivity index (χ1n) is 6.65. The minimum absolute atomic E-state index is 0.0625. The fourth-order valence-electron chi connectivity index (χ4n) is 2.03. The SMILES string of the molecule is CC(=O)CC(C)=O.c1cnc2c(c1)ccc1cccnc12. The smallest absolute Gasteiger partial charge is 0.137 e. The number of hydrogen-bond donors (Lipinski definition) is 0. The van der Waals surface area contributed by atoms with Crippen molar-refractivity contribution in [3.63, 3.8) is 0 Å². The van der Waals surface area contributed by atoms with E-state index >= 15 is 0 Å². The van der Waals surface area contributed by atoms with Gasteiger partial charge in [-0.25, -0.2) is 0 Å². The Morgan fingerprint density at radius 2 is 1.24 bits per heavy atom. The molecule has 2 heterocycles. The van der Waals surface area contributed by atoms with Crippen LogP contribution in [0.25, 0.3) is 21.8 Å². The van der Waals surface area contributed by atoms with Crippen LogP contribution in [-0.4, -0.2) is 21.5 Å². The van der Waals surface area contributed by atoms with Crippen molar-refractivity contribution in [2.75, 3.05) is 0 Å². The van der Waals surface area contributed by atoms with Crippen LogP contribution in [0.4, 0.5) is 0 Å². The van der Waals surface area contributed by atoms with Crippen LogP contribution >= 0.6 is 0 Å². The molecule has 3 rings (SSSR count). The van der Waals surface area contributed by atoms with Gasteiger partial charge < -0.3 is 0 Å². The van der Waals surface area contributed by atoms with Crippen LogP contribution in [0.3, 0.4) is 0 Å². The molecule has 0 radical (unpaired) electrons. The molecule has 21 heavy (non-hydrogen) atoms. The van der Waals surface area contributed by atoms with E-state index in [-0.39, 0.29) is 18.0 Å². The maximum absolute atomic E-state index is 10.0. The zero-order valence-electron chi connectivity index (χ0n) is 12.0. The Kier molecular flexibility index (Phi) is 4.72. The van der Waals surface area contributed by atoms with Gasteiger partial charge in [-0.15, -0.1) is 0 Å². The molecule has 1 aromatic carbocycles. The van der Waals surface area contributed by atoms with Gasteiger partial charge in [0.15, 0.2) is 0 Å². The van der Waals surface area contributed by atoms with Gasteiger partial charge in [-0.2, -0.15) is 0 Å². The van der Waals surface area contributed by atoms with Crippen molar-refractivity contribution in [3.8, 4) is 0 Å². The molecule has 0 amide bonds. The Balaban J connectivity index is 0.000000199. The zero-order valence-corrected chi connectivity index (χ0v) is 12.0. The second-order valence-electron chi connectivity index (χ2n) is 4.80. The van der Waals surface area contributed by atoms with Gasteiger partial charge in [0, 0.05) is 23.2 Å². The molecular weight excluding hydrogens is 264 g/mol. The van der Waals surface area contributed by atoms with Gasteiger partial charge in [0.25, 0.3) is 0 Å². The Morgan fingerprint density at radius 3 is 1.57 bits per heavy atom. The molecule has 0 unspecified atom stereocenters. The molecule has 4 nitrogen and oxygen atoms in total. The van der Waals surface area contributed by atoms with E-state index in [1.807, 2.05) is 12.1 Å². The molecule has 106 valence electrons. The number of benzene rings is 1. The molecular formula is C17H16N2O2. The summed E-state index contributed by atoms with van der Waals surface area (Å²) in [6.45, 7) is 2.81. The van der Waals surface area contributed by atoms with Crippen LogP contribution in [0, 0.1) is 0 Å². The molecule has 4 heteroatoms. The zero-order chi connectivity index (χ0) is 15.2. The lowest BCUT2D eigenvalue weighted by Crippen LogP contribution is -1.97. The second kappa shape index (κ2) is 6.70. The van der Waals surface area contributed by atoms with Crippen LogP contribution in [0.5, 0.6) is 0 Å². The molecule has 0 saturated heterocycles. The highest BCUT2D eigenvalue weighted by Crippen LogP contribution is 2.20. The van der Waals surface area contributed by atoms with Gasteiger partial charge in [0.2, 0.25) is 0 Å². The second-order valence-corrected chi connectivity index (χ2v) is 4.80. The maximum atomic E-state index is 10.0. The van der Waals surface area contributed by atoms with Crippen molar-refractivity contribution in [2.24, 2.45) is 0 Å². The molecule has 0 N–H and O–H groups in total. The molecule has 0 aliphatic heterocycles. The standard InChI is InChI=1S/C12H8N2.C5H8O2/c1-3-9-5-6-10-4-2-8-14-12(10)11(9)13-7-1;1-4(6)3-5(2)7/h1-8H;3H2,1-2H3. The molecule has 3 aromatic rings. The number of carbonyl (C=O) groups is 2. The van der Waals surface area contributed by atoms with E-state index in [1.54, 1.807) is 12.4 Å². The van der Waals surface area contributed by atoms with Crippen molar-refractivity contribution < 1.29 is 9.59 Å². The van der Waals surface area contributed by atoms with Crippen LogP contribution < -0.4 is 0 Å². The van der Waals surface area contributed by atoms with E-state index in [2.05, 4.69) is 34.2 Å². The summed E-state index contributed by atoms with van der Waals surface area (Å²) in [6.07, 6.45) is 3.69. The average Bonchev–Trinajstić information content (AvgIpc) is 2.46. The van der Waals surface area contributed by atoms with E-state index in [4.69, 9.17) is 0 Å². The number of Topliss-reactive ketones (excluding diaryl/α,β-unsaturated/α-hetero) is 2. The molecule has 0 aliphatic rings. The maximum Gasteiger partial charge on any atom is 0.137 e. The Labute approximate surface area is 122 Å². The Bertz CT molecular complexity index is 730. The van der Waals surface area contributed by atoms with Crippen LogP contribution in [0.2, 0.25) is 0 Å². The van der Waals surface area contributed by atoms with Gasteiger partial charge in [-0.3, -0.25) is 19.6 Å². The van der Waals surface area contributed by atoms with Crippen molar-refractivity contribution in [1.82, 2.24) is 9.97 Å². The fourth-order valence-corrected chi connectivity index (χ4v) is 2.03. The van der Waals surface area contributed by atoms with Gasteiger partial charge in [0.1, 0.15) is 11.6 Å². The lowest BCUT2D eigenvalue weighted by Gasteiger charge is -2.00. The summed E-state index contributed by atoms with van der Waals surface area (Å²) < 4.78 is 0. The van der Waals surface area contributed by atoms with E-state index < -0.39 is 0 Å². The third kappa shape index (κ3) is 3.92. The molecule has 0 fully saturated rings. The molecule has 0 atom stereocenters. The molecule has 0 aliphatic carbocycles. The van der Waals surface area contributed by atoms with Crippen LogP contribution in [0.15, 0.2) is 48.8 Å². The molecule has 0 spiro atoms. The summed E-state index contributed by atoms with van der Waals surface area (Å²) in [7, 11) is 0. The summed E-state index contributed by atoms with van der Waals surface area (Å²) in [5, 5.41) is 2.28. The van der Waals surface area contributed by atoms with Crippen molar-refractivity contribution in [3.05, 3.63) is 48.8 Å². The first-order valence-corrected chi connectivity index (χ1v) is 6.65. The van der Waals surface area contributed by atoms with Crippen molar-refractivity contribution in [1.29, 1.82) is 0 Å². The lowest BCUT2D eigenvalue weighted by molar-refractivity contribution is -0.124. The molecule has 2 aromatic heterocycles. The molecule has 0 bridgehead atoms. The monoisotopic (exact) mass is 280 g/mol. The average molecular weight is 280 g/mol. The Hall–Kier alpha value is -2.62. The molecule has 0 saturated carbocycles. The quantitative estimate of drug-likeness (QED) is 0.533. The van der Waals surface area contributed by atoms with Crippen molar-refractivity contribution in [2.45, 2.75) is 20.3 Å². The predicted octanol–water partition coefficient (Wildman–Crippen LogP) is 3.34. The summed E-state index contributed by atoms with van der Waals surface area (Å²) >= 11 is 0. The van der Waals surface area contributed by atoms with Gasteiger partial charge in [0.05, 0.1) is 17.5 Å². The number of nitrogens with zero attached hydrogens (tertiary/aromatic N) is 2. The number of hydrogen-bond acceptors (Lipinski definition) is 4. The normalized spacial score (nSPS) is 10.0. The van der Waals surface area contributed by atoms with E-state index in [0.717, 1.165) is 21.8 Å². The van der Waals surface area contributed by atoms with Crippen molar-refractivity contribution >= 4 is 33.4 Å². The number of pyridine rings is 2. The highest BCUT2D eigenvalue weighted by atomic mass is 16.1. The first kappa shape index (κ1) is 14.8. The fraction of sp³-hybridized carbons (Fsp3) is 0.176. The number of ketones is 2. The predicted molar refractivity (Wildman–Crippen MR) is 83.0 cm³/mol. The van der Waals surface area contributed by atoms with Gasteiger partial charge in [-0.1, -0.05) is 24.3 Å².